The topological polar surface area (TPSA) is 23.6 Å². The maximum atomic E-state index is 13.2. The van der Waals surface area contributed by atoms with Gasteiger partial charge in [0, 0.05) is 38.4 Å². The Bertz CT molecular complexity index is 832. The number of nitrogens with zero attached hydrogens (tertiary/aromatic N) is 2. The second kappa shape index (κ2) is 9.34. The van der Waals surface area contributed by atoms with Crippen molar-refractivity contribution in [3.05, 3.63) is 102 Å². The van der Waals surface area contributed by atoms with Crippen LogP contribution in [0, 0.1) is 0 Å². The zero-order valence-electron chi connectivity index (χ0n) is 16.9. The number of rotatable bonds is 8. The van der Waals surface area contributed by atoms with E-state index < -0.39 is 0 Å². The van der Waals surface area contributed by atoms with Crippen LogP contribution in [0.3, 0.4) is 0 Å². The van der Waals surface area contributed by atoms with Crippen molar-refractivity contribution in [1.29, 1.82) is 0 Å². The molecule has 0 fully saturated rings. The van der Waals surface area contributed by atoms with Gasteiger partial charge >= 0.3 is 0 Å². The number of benzene rings is 3. The molecule has 28 heavy (non-hydrogen) atoms. The summed E-state index contributed by atoms with van der Waals surface area (Å²) in [6, 6.07) is 28.3. The SMILES string of the molecule is CC(C(=O)c1ccc(N(C)C)cc1)N(Cc1ccccc1)Cc1ccccc1. The predicted octanol–water partition coefficient (Wildman–Crippen LogP) is 5.03. The lowest BCUT2D eigenvalue weighted by Crippen LogP contribution is -2.38. The highest BCUT2D eigenvalue weighted by Gasteiger charge is 2.23. The number of anilines is 1. The van der Waals surface area contributed by atoms with E-state index in [2.05, 4.69) is 29.2 Å². The van der Waals surface area contributed by atoms with Gasteiger partial charge in [-0.05, 0) is 42.3 Å². The van der Waals surface area contributed by atoms with Crippen LogP contribution in [0.15, 0.2) is 84.9 Å². The van der Waals surface area contributed by atoms with E-state index >= 15 is 0 Å². The minimum absolute atomic E-state index is 0.150. The standard InChI is InChI=1S/C25H28N2O/c1-20(25(28)23-14-16-24(17-15-23)26(2)3)27(18-21-10-6-4-7-11-21)19-22-12-8-5-9-13-22/h4-17,20H,18-19H2,1-3H3. The van der Waals surface area contributed by atoms with Crippen LogP contribution in [0.1, 0.15) is 28.4 Å². The van der Waals surface area contributed by atoms with Crippen molar-refractivity contribution >= 4 is 11.5 Å². The number of hydrogen-bond acceptors (Lipinski definition) is 3. The van der Waals surface area contributed by atoms with E-state index in [1.807, 2.05) is 86.6 Å². The number of hydrogen-bond donors (Lipinski definition) is 0. The second-order valence-electron chi connectivity index (χ2n) is 7.36. The smallest absolute Gasteiger partial charge is 0.179 e. The largest absolute Gasteiger partial charge is 0.378 e. The summed E-state index contributed by atoms with van der Waals surface area (Å²) in [6.45, 7) is 3.48. The molecule has 0 saturated heterocycles. The lowest BCUT2D eigenvalue weighted by molar-refractivity contribution is 0.0816. The molecule has 3 aromatic carbocycles. The molecule has 0 saturated carbocycles. The molecule has 0 radical (unpaired) electrons. The van der Waals surface area contributed by atoms with Gasteiger partial charge in [0.25, 0.3) is 0 Å². The second-order valence-corrected chi connectivity index (χ2v) is 7.36. The quantitative estimate of drug-likeness (QED) is 0.518. The first kappa shape index (κ1) is 19.8. The summed E-state index contributed by atoms with van der Waals surface area (Å²) in [5, 5.41) is 0. The third kappa shape index (κ3) is 5.08. The van der Waals surface area contributed by atoms with Crippen LogP contribution in [-0.2, 0) is 13.1 Å². The van der Waals surface area contributed by atoms with Gasteiger partial charge in [-0.15, -0.1) is 0 Å². The van der Waals surface area contributed by atoms with E-state index in [0.717, 1.165) is 24.3 Å². The summed E-state index contributed by atoms with van der Waals surface area (Å²) >= 11 is 0. The first-order valence-electron chi connectivity index (χ1n) is 9.68. The fourth-order valence-electron chi connectivity index (χ4n) is 3.30. The van der Waals surface area contributed by atoms with Gasteiger partial charge in [-0.1, -0.05) is 60.7 Å². The molecule has 0 amide bonds. The summed E-state index contributed by atoms with van der Waals surface area (Å²) in [5.74, 6) is 0.150. The van der Waals surface area contributed by atoms with E-state index in [1.165, 1.54) is 11.1 Å². The summed E-state index contributed by atoms with van der Waals surface area (Å²) in [6.07, 6.45) is 0. The fourth-order valence-corrected chi connectivity index (χ4v) is 3.30. The van der Waals surface area contributed by atoms with Crippen LogP contribution in [0.4, 0.5) is 5.69 Å². The number of carbonyl (C=O) groups is 1. The normalized spacial score (nSPS) is 12.0. The van der Waals surface area contributed by atoms with Crippen molar-refractivity contribution in [2.24, 2.45) is 0 Å². The van der Waals surface area contributed by atoms with Gasteiger partial charge in [0.15, 0.2) is 5.78 Å². The Morgan fingerprint density at radius 2 is 1.21 bits per heavy atom. The molecule has 1 atom stereocenters. The van der Waals surface area contributed by atoms with Crippen molar-refractivity contribution in [2.75, 3.05) is 19.0 Å². The highest BCUT2D eigenvalue weighted by atomic mass is 16.1. The molecule has 3 nitrogen and oxygen atoms in total. The van der Waals surface area contributed by atoms with Crippen molar-refractivity contribution in [3.8, 4) is 0 Å². The van der Waals surface area contributed by atoms with Crippen molar-refractivity contribution < 1.29 is 4.79 Å². The summed E-state index contributed by atoms with van der Waals surface area (Å²) < 4.78 is 0. The Kier molecular flexibility index (Phi) is 6.62. The van der Waals surface area contributed by atoms with Gasteiger partial charge < -0.3 is 4.90 Å². The molecule has 1 unspecified atom stereocenters. The van der Waals surface area contributed by atoms with E-state index in [4.69, 9.17) is 0 Å². The first-order valence-corrected chi connectivity index (χ1v) is 9.68. The predicted molar refractivity (Wildman–Crippen MR) is 117 cm³/mol. The lowest BCUT2D eigenvalue weighted by atomic mass is 10.0. The van der Waals surface area contributed by atoms with E-state index in [9.17, 15) is 4.79 Å². The third-order valence-electron chi connectivity index (χ3n) is 5.05. The molecule has 3 heteroatoms. The first-order chi connectivity index (χ1) is 13.5. The zero-order valence-corrected chi connectivity index (χ0v) is 16.9. The molecule has 0 spiro atoms. The summed E-state index contributed by atoms with van der Waals surface area (Å²) in [7, 11) is 4.00. The van der Waals surface area contributed by atoms with Gasteiger partial charge in [0.2, 0.25) is 0 Å². The highest BCUT2D eigenvalue weighted by Crippen LogP contribution is 2.19. The molecule has 0 aliphatic rings. The fraction of sp³-hybridized carbons (Fsp3) is 0.240. The van der Waals surface area contributed by atoms with Crippen LogP contribution >= 0.6 is 0 Å². The van der Waals surface area contributed by atoms with E-state index in [1.54, 1.807) is 0 Å². The van der Waals surface area contributed by atoms with Crippen molar-refractivity contribution in [3.63, 3.8) is 0 Å². The maximum Gasteiger partial charge on any atom is 0.179 e. The number of Topliss-reactive ketones (excluding diaryl/α,β-unsaturated/α-hetero) is 1. The van der Waals surface area contributed by atoms with Crippen LogP contribution in [0.25, 0.3) is 0 Å². The molecule has 0 aromatic heterocycles. The Labute approximate surface area is 168 Å². The van der Waals surface area contributed by atoms with Gasteiger partial charge in [-0.3, -0.25) is 9.69 Å². The number of carbonyl (C=O) groups excluding carboxylic acids is 1. The molecule has 144 valence electrons. The molecule has 3 aromatic rings. The average Bonchev–Trinajstić information content (AvgIpc) is 2.74. The highest BCUT2D eigenvalue weighted by molar-refractivity contribution is 6.00. The van der Waals surface area contributed by atoms with Crippen molar-refractivity contribution in [1.82, 2.24) is 4.90 Å². The zero-order chi connectivity index (χ0) is 19.9. The van der Waals surface area contributed by atoms with Crippen LogP contribution < -0.4 is 4.90 Å². The van der Waals surface area contributed by atoms with Crippen LogP contribution in [-0.4, -0.2) is 30.8 Å². The maximum absolute atomic E-state index is 13.2. The van der Waals surface area contributed by atoms with Gasteiger partial charge in [-0.2, -0.15) is 0 Å². The molecular formula is C25H28N2O. The molecule has 0 aliphatic heterocycles. The monoisotopic (exact) mass is 372 g/mol. The van der Waals surface area contributed by atoms with E-state index in [0.29, 0.717) is 0 Å². The minimum Gasteiger partial charge on any atom is -0.378 e. The van der Waals surface area contributed by atoms with Crippen molar-refractivity contribution in [2.45, 2.75) is 26.1 Å². The summed E-state index contributed by atoms with van der Waals surface area (Å²) in [5.41, 5.74) is 4.26. The van der Waals surface area contributed by atoms with E-state index in [-0.39, 0.29) is 11.8 Å². The van der Waals surface area contributed by atoms with Gasteiger partial charge in [-0.25, -0.2) is 0 Å². The number of ketones is 1. The van der Waals surface area contributed by atoms with Gasteiger partial charge in [0.1, 0.15) is 0 Å². The lowest BCUT2D eigenvalue weighted by Gasteiger charge is -2.28. The molecular weight excluding hydrogens is 344 g/mol. The van der Waals surface area contributed by atoms with Crippen LogP contribution in [0.2, 0.25) is 0 Å². The molecule has 0 heterocycles. The minimum atomic E-state index is -0.217. The molecule has 3 rings (SSSR count). The Hall–Kier alpha value is -2.91. The van der Waals surface area contributed by atoms with Crippen LogP contribution in [0.5, 0.6) is 0 Å². The molecule has 0 N–H and O–H groups in total. The Morgan fingerprint density at radius 3 is 1.64 bits per heavy atom. The Balaban J connectivity index is 1.82. The molecule has 0 aliphatic carbocycles. The van der Waals surface area contributed by atoms with Gasteiger partial charge in [0.05, 0.1) is 6.04 Å². The third-order valence-corrected chi connectivity index (χ3v) is 5.05. The average molecular weight is 373 g/mol. The Morgan fingerprint density at radius 1 is 0.750 bits per heavy atom. The molecule has 0 bridgehead atoms. The summed E-state index contributed by atoms with van der Waals surface area (Å²) in [4.78, 5) is 17.5.